The van der Waals surface area contributed by atoms with Crippen molar-refractivity contribution in [3.05, 3.63) is 18.0 Å². The van der Waals surface area contributed by atoms with Crippen molar-refractivity contribution in [2.24, 2.45) is 13.0 Å². The lowest BCUT2D eigenvalue weighted by Gasteiger charge is -2.47. The zero-order valence-electron chi connectivity index (χ0n) is 13.7. The number of nitrogens with one attached hydrogen (secondary N) is 1. The first-order valence-corrected chi connectivity index (χ1v) is 8.31. The molecule has 0 aromatic carbocycles. The highest BCUT2D eigenvalue weighted by Crippen LogP contribution is 2.31. The van der Waals surface area contributed by atoms with E-state index in [9.17, 15) is 4.79 Å². The van der Waals surface area contributed by atoms with Gasteiger partial charge in [-0.05, 0) is 25.8 Å². The van der Waals surface area contributed by atoms with Crippen LogP contribution >= 0.6 is 0 Å². The molecule has 6 nitrogen and oxygen atoms in total. The van der Waals surface area contributed by atoms with E-state index >= 15 is 0 Å². The van der Waals surface area contributed by atoms with E-state index < -0.39 is 0 Å². The van der Waals surface area contributed by atoms with Crippen LogP contribution in [0.25, 0.3) is 0 Å². The maximum absolute atomic E-state index is 12.2. The maximum atomic E-state index is 12.2. The third-order valence-corrected chi connectivity index (χ3v) is 4.99. The molecule has 2 aliphatic heterocycles. The topological polar surface area (TPSA) is 53.4 Å². The fourth-order valence-corrected chi connectivity index (χ4v) is 3.90. The summed E-state index contributed by atoms with van der Waals surface area (Å²) in [6.45, 7) is 4.87. The zero-order chi connectivity index (χ0) is 15.5. The molecule has 0 radical (unpaired) electrons. The zero-order valence-corrected chi connectivity index (χ0v) is 13.7. The van der Waals surface area contributed by atoms with Crippen LogP contribution in [0.1, 0.15) is 24.8 Å². The molecule has 0 spiro atoms. The van der Waals surface area contributed by atoms with Crippen LogP contribution < -0.4 is 5.32 Å². The first-order chi connectivity index (χ1) is 10.7. The Bertz CT molecular complexity index is 514. The number of carbonyl (C=O) groups is 1. The number of carbonyl (C=O) groups excluding carboxylic acids is 1. The quantitative estimate of drug-likeness (QED) is 0.858. The minimum absolute atomic E-state index is 0.345. The highest BCUT2D eigenvalue weighted by atomic mass is 16.2. The molecule has 0 bridgehead atoms. The number of piperidine rings is 2. The molecule has 22 heavy (non-hydrogen) atoms. The molecule has 2 atom stereocenters. The van der Waals surface area contributed by atoms with E-state index in [4.69, 9.17) is 0 Å². The average molecular weight is 305 g/mol. The Kier molecular flexibility index (Phi) is 4.78. The van der Waals surface area contributed by atoms with Gasteiger partial charge in [-0.2, -0.15) is 5.10 Å². The summed E-state index contributed by atoms with van der Waals surface area (Å²) in [5.74, 6) is 0.970. The van der Waals surface area contributed by atoms with Crippen molar-refractivity contribution in [1.29, 1.82) is 0 Å². The van der Waals surface area contributed by atoms with E-state index in [1.807, 2.05) is 25.0 Å². The minimum Gasteiger partial charge on any atom is -0.338 e. The smallest absolute Gasteiger partial charge is 0.222 e. The lowest BCUT2D eigenvalue weighted by atomic mass is 9.83. The van der Waals surface area contributed by atoms with Crippen LogP contribution in [0.2, 0.25) is 0 Å². The van der Waals surface area contributed by atoms with Crippen molar-refractivity contribution in [1.82, 2.24) is 24.9 Å². The molecule has 0 unspecified atom stereocenters. The third-order valence-electron chi connectivity index (χ3n) is 4.99. The van der Waals surface area contributed by atoms with Gasteiger partial charge in [0.2, 0.25) is 5.91 Å². The number of hydrogen-bond donors (Lipinski definition) is 1. The number of aryl methyl sites for hydroxylation is 1. The fraction of sp³-hybridized carbons (Fsp3) is 0.750. The van der Waals surface area contributed by atoms with Gasteiger partial charge in [-0.1, -0.05) is 0 Å². The van der Waals surface area contributed by atoms with E-state index in [1.165, 1.54) is 5.56 Å². The van der Waals surface area contributed by atoms with Gasteiger partial charge in [-0.3, -0.25) is 14.4 Å². The number of nitrogens with zero attached hydrogens (tertiary/aromatic N) is 4. The Labute approximate surface area is 132 Å². The van der Waals surface area contributed by atoms with Gasteiger partial charge in [0, 0.05) is 64.0 Å². The number of amides is 1. The molecule has 1 aromatic heterocycles. The highest BCUT2D eigenvalue weighted by Gasteiger charge is 2.38. The molecule has 1 amide bonds. The normalized spacial score (nSPS) is 26.3. The number of hydrogen-bond acceptors (Lipinski definition) is 4. The third kappa shape index (κ3) is 3.33. The molecule has 122 valence electrons. The molecular formula is C16H27N5O. The lowest BCUT2D eigenvalue weighted by molar-refractivity contribution is -0.141. The van der Waals surface area contributed by atoms with Gasteiger partial charge in [0.05, 0.1) is 6.20 Å². The average Bonchev–Trinajstić information content (AvgIpc) is 2.91. The highest BCUT2D eigenvalue weighted by molar-refractivity contribution is 5.77. The monoisotopic (exact) mass is 305 g/mol. The van der Waals surface area contributed by atoms with E-state index in [0.29, 0.717) is 24.3 Å². The summed E-state index contributed by atoms with van der Waals surface area (Å²) in [6, 6.07) is 0.444. The molecule has 1 N–H and O–H groups in total. The Hall–Kier alpha value is -1.40. The largest absolute Gasteiger partial charge is 0.338 e. The van der Waals surface area contributed by atoms with E-state index in [2.05, 4.69) is 26.4 Å². The second-order valence-corrected chi connectivity index (χ2v) is 6.60. The predicted molar refractivity (Wildman–Crippen MR) is 85.3 cm³/mol. The molecule has 0 saturated carbocycles. The van der Waals surface area contributed by atoms with Crippen molar-refractivity contribution in [3.63, 3.8) is 0 Å². The number of fused-ring (bicyclic) bond motifs is 1. The standard InChI is InChI=1S/C16H27N5O/c1-17-6-8-21-15-5-7-20(11-13-9-18-19(2)10-13)12-14(15)3-4-16(21)22/h9-10,14-15,17H,3-8,11-12H2,1-2H3/t14-,15+/m0/s1. The Morgan fingerprint density at radius 3 is 3.00 bits per heavy atom. The van der Waals surface area contributed by atoms with Crippen molar-refractivity contribution in [2.45, 2.75) is 31.8 Å². The van der Waals surface area contributed by atoms with E-state index in [1.54, 1.807) is 0 Å². The summed E-state index contributed by atoms with van der Waals surface area (Å²) in [6.07, 6.45) is 6.90. The van der Waals surface area contributed by atoms with Crippen LogP contribution in [0.5, 0.6) is 0 Å². The van der Waals surface area contributed by atoms with Gasteiger partial charge in [0.15, 0.2) is 0 Å². The van der Waals surface area contributed by atoms with E-state index in [0.717, 1.165) is 45.6 Å². The summed E-state index contributed by atoms with van der Waals surface area (Å²) in [4.78, 5) is 16.9. The molecule has 6 heteroatoms. The lowest BCUT2D eigenvalue weighted by Crippen LogP contribution is -2.56. The van der Waals surface area contributed by atoms with Crippen LogP contribution in [0.4, 0.5) is 0 Å². The first kappa shape index (κ1) is 15.5. The summed E-state index contributed by atoms with van der Waals surface area (Å²) >= 11 is 0. The predicted octanol–water partition coefficient (Wildman–Crippen LogP) is 0.452. The van der Waals surface area contributed by atoms with Gasteiger partial charge in [-0.25, -0.2) is 0 Å². The van der Waals surface area contributed by atoms with Crippen molar-refractivity contribution in [3.8, 4) is 0 Å². The Balaban J connectivity index is 1.60. The van der Waals surface area contributed by atoms with Crippen LogP contribution in [-0.4, -0.2) is 64.8 Å². The molecular weight excluding hydrogens is 278 g/mol. The van der Waals surface area contributed by atoms with Crippen LogP contribution in [0.3, 0.4) is 0 Å². The summed E-state index contributed by atoms with van der Waals surface area (Å²) in [7, 11) is 3.91. The first-order valence-electron chi connectivity index (χ1n) is 8.31. The molecule has 2 aliphatic rings. The number of likely N-dealkylation sites (tertiary alicyclic amines) is 2. The van der Waals surface area contributed by atoms with Crippen LogP contribution in [0, 0.1) is 5.92 Å². The SMILES string of the molecule is CNCCN1C(=O)CC[C@H]2CN(Cc3cnn(C)c3)CC[C@H]21. The molecule has 2 saturated heterocycles. The molecule has 2 fully saturated rings. The number of likely N-dealkylation sites (N-methyl/N-ethyl adjacent to an activating group) is 1. The van der Waals surface area contributed by atoms with Gasteiger partial charge < -0.3 is 10.2 Å². The minimum atomic E-state index is 0.345. The molecule has 1 aromatic rings. The van der Waals surface area contributed by atoms with Crippen molar-refractivity contribution in [2.75, 3.05) is 33.2 Å². The van der Waals surface area contributed by atoms with E-state index in [-0.39, 0.29) is 0 Å². The van der Waals surface area contributed by atoms with Gasteiger partial charge in [0.1, 0.15) is 0 Å². The summed E-state index contributed by atoms with van der Waals surface area (Å²) in [5, 5.41) is 7.41. The van der Waals surface area contributed by atoms with Gasteiger partial charge in [0.25, 0.3) is 0 Å². The van der Waals surface area contributed by atoms with Gasteiger partial charge >= 0.3 is 0 Å². The maximum Gasteiger partial charge on any atom is 0.222 e. The Morgan fingerprint density at radius 2 is 2.27 bits per heavy atom. The Morgan fingerprint density at radius 1 is 1.41 bits per heavy atom. The second-order valence-electron chi connectivity index (χ2n) is 6.60. The second kappa shape index (κ2) is 6.79. The van der Waals surface area contributed by atoms with Crippen LogP contribution in [-0.2, 0) is 18.4 Å². The number of rotatable bonds is 5. The van der Waals surface area contributed by atoms with Gasteiger partial charge in [-0.15, -0.1) is 0 Å². The molecule has 3 heterocycles. The fourth-order valence-electron chi connectivity index (χ4n) is 3.90. The molecule has 0 aliphatic carbocycles. The van der Waals surface area contributed by atoms with Crippen molar-refractivity contribution >= 4 is 5.91 Å². The van der Waals surface area contributed by atoms with Crippen LogP contribution in [0.15, 0.2) is 12.4 Å². The summed E-state index contributed by atoms with van der Waals surface area (Å²) < 4.78 is 1.86. The molecule has 3 rings (SSSR count). The number of aromatic nitrogens is 2. The summed E-state index contributed by atoms with van der Waals surface area (Å²) in [5.41, 5.74) is 1.28. The van der Waals surface area contributed by atoms with Crippen molar-refractivity contribution < 1.29 is 4.79 Å².